The van der Waals surface area contributed by atoms with Gasteiger partial charge in [-0.1, -0.05) is 28.1 Å². The maximum atomic E-state index is 6.05. The van der Waals surface area contributed by atoms with E-state index in [0.29, 0.717) is 5.88 Å². The molecular formula is C14H9BrClIN2. The van der Waals surface area contributed by atoms with E-state index in [9.17, 15) is 0 Å². The van der Waals surface area contributed by atoms with Gasteiger partial charge in [-0.2, -0.15) is 0 Å². The summed E-state index contributed by atoms with van der Waals surface area (Å²) in [5, 5.41) is 0. The zero-order valence-electron chi connectivity index (χ0n) is 9.78. The van der Waals surface area contributed by atoms with E-state index >= 15 is 0 Å². The summed E-state index contributed by atoms with van der Waals surface area (Å²) in [6, 6.07) is 14.3. The predicted molar refractivity (Wildman–Crippen MR) is 91.0 cm³/mol. The van der Waals surface area contributed by atoms with Gasteiger partial charge in [0.1, 0.15) is 5.82 Å². The van der Waals surface area contributed by atoms with E-state index in [1.54, 1.807) is 0 Å². The minimum absolute atomic E-state index is 0.386. The number of imidazole rings is 1. The number of benzene rings is 2. The normalized spacial score (nSPS) is 11.1. The fraction of sp³-hybridized carbons (Fsp3) is 0.0714. The highest BCUT2D eigenvalue weighted by atomic mass is 127. The maximum absolute atomic E-state index is 6.05. The van der Waals surface area contributed by atoms with Gasteiger partial charge in [-0.05, 0) is 52.9 Å². The van der Waals surface area contributed by atoms with Crippen LogP contribution in [0.3, 0.4) is 0 Å². The van der Waals surface area contributed by atoms with Gasteiger partial charge in [0, 0.05) is 8.04 Å². The summed E-state index contributed by atoms with van der Waals surface area (Å²) >= 11 is 11.9. The fourth-order valence-electron chi connectivity index (χ4n) is 2.09. The van der Waals surface area contributed by atoms with Gasteiger partial charge in [-0.3, -0.25) is 4.57 Å². The molecule has 1 aromatic heterocycles. The average molecular weight is 448 g/mol. The highest BCUT2D eigenvalue weighted by molar-refractivity contribution is 14.1. The van der Waals surface area contributed by atoms with Crippen molar-refractivity contribution in [1.82, 2.24) is 9.55 Å². The SMILES string of the molecule is ClCc1nc2ccc(Br)cc2n1-c1ccccc1I. The largest absolute Gasteiger partial charge is 0.294 e. The Labute approximate surface area is 138 Å². The van der Waals surface area contributed by atoms with E-state index in [4.69, 9.17) is 11.6 Å². The van der Waals surface area contributed by atoms with Crippen molar-refractivity contribution in [2.24, 2.45) is 0 Å². The van der Waals surface area contributed by atoms with Crippen LogP contribution in [0.2, 0.25) is 0 Å². The molecule has 0 spiro atoms. The fourth-order valence-corrected chi connectivity index (χ4v) is 3.25. The van der Waals surface area contributed by atoms with Crippen molar-refractivity contribution < 1.29 is 0 Å². The van der Waals surface area contributed by atoms with Gasteiger partial charge in [0.05, 0.1) is 22.6 Å². The Morgan fingerprint density at radius 1 is 1.21 bits per heavy atom. The van der Waals surface area contributed by atoms with Crippen LogP contribution in [-0.2, 0) is 5.88 Å². The van der Waals surface area contributed by atoms with Crippen LogP contribution in [0.1, 0.15) is 5.82 Å². The highest BCUT2D eigenvalue weighted by Gasteiger charge is 2.13. The molecule has 0 aliphatic heterocycles. The molecule has 1 heterocycles. The Hall–Kier alpha value is -0.590. The van der Waals surface area contributed by atoms with Gasteiger partial charge in [-0.25, -0.2) is 4.98 Å². The Morgan fingerprint density at radius 3 is 2.74 bits per heavy atom. The van der Waals surface area contributed by atoms with Crippen molar-refractivity contribution in [2.45, 2.75) is 5.88 Å². The number of nitrogens with zero attached hydrogens (tertiary/aromatic N) is 2. The van der Waals surface area contributed by atoms with Gasteiger partial charge in [0.15, 0.2) is 0 Å². The van der Waals surface area contributed by atoms with Crippen LogP contribution >= 0.6 is 50.1 Å². The molecule has 3 aromatic rings. The molecule has 0 atom stereocenters. The van der Waals surface area contributed by atoms with Gasteiger partial charge in [-0.15, -0.1) is 11.6 Å². The van der Waals surface area contributed by atoms with Gasteiger partial charge in [0.2, 0.25) is 0 Å². The number of rotatable bonds is 2. The van der Waals surface area contributed by atoms with E-state index in [-0.39, 0.29) is 0 Å². The third-order valence-electron chi connectivity index (χ3n) is 2.90. The summed E-state index contributed by atoms with van der Waals surface area (Å²) in [6.45, 7) is 0. The number of alkyl halides is 1. The third-order valence-corrected chi connectivity index (χ3v) is 4.54. The van der Waals surface area contributed by atoms with E-state index in [1.165, 1.54) is 3.57 Å². The van der Waals surface area contributed by atoms with Crippen molar-refractivity contribution >= 4 is 61.2 Å². The molecule has 19 heavy (non-hydrogen) atoms. The Balaban J connectivity index is 2.38. The smallest absolute Gasteiger partial charge is 0.129 e. The number of aromatic nitrogens is 2. The molecule has 0 saturated carbocycles. The second-order valence-electron chi connectivity index (χ2n) is 4.08. The molecule has 0 bridgehead atoms. The minimum Gasteiger partial charge on any atom is -0.294 e. The summed E-state index contributed by atoms with van der Waals surface area (Å²) in [5.74, 6) is 1.25. The Kier molecular flexibility index (Phi) is 3.82. The molecule has 2 aromatic carbocycles. The molecule has 0 aliphatic rings. The van der Waals surface area contributed by atoms with Crippen molar-refractivity contribution in [1.29, 1.82) is 0 Å². The lowest BCUT2D eigenvalue weighted by Gasteiger charge is -2.10. The molecule has 0 fully saturated rings. The monoisotopic (exact) mass is 446 g/mol. The molecule has 3 rings (SSSR count). The number of fused-ring (bicyclic) bond motifs is 1. The summed E-state index contributed by atoms with van der Waals surface area (Å²) in [4.78, 5) is 4.60. The molecule has 5 heteroatoms. The highest BCUT2D eigenvalue weighted by Crippen LogP contribution is 2.27. The standard InChI is InChI=1S/C14H9BrClIN2/c15-9-5-6-11-13(7-9)19(14(8-16)18-11)12-4-2-1-3-10(12)17/h1-7H,8H2. The first-order valence-corrected chi connectivity index (χ1v) is 8.09. The summed E-state index contributed by atoms with van der Waals surface area (Å²) in [5.41, 5.74) is 3.13. The molecule has 96 valence electrons. The molecule has 2 nitrogen and oxygen atoms in total. The lowest BCUT2D eigenvalue weighted by atomic mass is 10.3. The van der Waals surface area contributed by atoms with Crippen LogP contribution in [0.25, 0.3) is 16.7 Å². The molecule has 0 aliphatic carbocycles. The second-order valence-corrected chi connectivity index (χ2v) is 6.43. The lowest BCUT2D eigenvalue weighted by molar-refractivity contribution is 0.976. The first-order valence-electron chi connectivity index (χ1n) is 5.68. The predicted octanol–water partition coefficient (Wildman–Crippen LogP) is 5.13. The zero-order chi connectivity index (χ0) is 13.4. The zero-order valence-corrected chi connectivity index (χ0v) is 14.3. The first kappa shape index (κ1) is 13.4. The Bertz CT molecular complexity index is 754. The average Bonchev–Trinajstić information content (AvgIpc) is 2.77. The minimum atomic E-state index is 0.386. The molecule has 0 radical (unpaired) electrons. The van der Waals surface area contributed by atoms with Crippen LogP contribution in [0, 0.1) is 3.57 Å². The van der Waals surface area contributed by atoms with Crippen LogP contribution in [0.4, 0.5) is 0 Å². The van der Waals surface area contributed by atoms with Crippen molar-refractivity contribution in [3.05, 3.63) is 56.3 Å². The molecule has 0 N–H and O–H groups in total. The number of hydrogen-bond donors (Lipinski definition) is 0. The molecule has 0 saturated heterocycles. The molecular weight excluding hydrogens is 438 g/mol. The van der Waals surface area contributed by atoms with Gasteiger partial charge in [0.25, 0.3) is 0 Å². The summed E-state index contributed by atoms with van der Waals surface area (Å²) in [7, 11) is 0. The quantitative estimate of drug-likeness (QED) is 0.393. The lowest BCUT2D eigenvalue weighted by Crippen LogP contribution is -2.01. The first-order chi connectivity index (χ1) is 9.20. The maximum Gasteiger partial charge on any atom is 0.129 e. The van der Waals surface area contributed by atoms with Crippen molar-refractivity contribution in [3.63, 3.8) is 0 Å². The molecule has 0 unspecified atom stereocenters. The topological polar surface area (TPSA) is 17.8 Å². The summed E-state index contributed by atoms with van der Waals surface area (Å²) < 4.78 is 4.33. The van der Waals surface area contributed by atoms with E-state index in [2.05, 4.69) is 66.3 Å². The number of hydrogen-bond acceptors (Lipinski definition) is 1. The van der Waals surface area contributed by atoms with Crippen LogP contribution in [0.5, 0.6) is 0 Å². The summed E-state index contributed by atoms with van der Waals surface area (Å²) in [6.07, 6.45) is 0. The van der Waals surface area contributed by atoms with Gasteiger partial charge < -0.3 is 0 Å². The third kappa shape index (κ3) is 2.41. The van der Waals surface area contributed by atoms with Crippen molar-refractivity contribution in [2.75, 3.05) is 0 Å². The van der Waals surface area contributed by atoms with E-state index in [1.807, 2.05) is 24.3 Å². The molecule has 0 amide bonds. The van der Waals surface area contributed by atoms with E-state index in [0.717, 1.165) is 27.0 Å². The van der Waals surface area contributed by atoms with Gasteiger partial charge >= 0.3 is 0 Å². The second kappa shape index (κ2) is 5.42. The van der Waals surface area contributed by atoms with Crippen LogP contribution < -0.4 is 0 Å². The number of halogens is 3. The van der Waals surface area contributed by atoms with E-state index < -0.39 is 0 Å². The van der Waals surface area contributed by atoms with Crippen LogP contribution in [-0.4, -0.2) is 9.55 Å². The van der Waals surface area contributed by atoms with Crippen molar-refractivity contribution in [3.8, 4) is 5.69 Å². The number of para-hydroxylation sites is 1. The Morgan fingerprint density at radius 2 is 2.00 bits per heavy atom. The van der Waals surface area contributed by atoms with Crippen LogP contribution in [0.15, 0.2) is 46.9 Å².